The van der Waals surface area contributed by atoms with E-state index < -0.39 is 5.91 Å². The van der Waals surface area contributed by atoms with Crippen LogP contribution < -0.4 is 10.1 Å². The largest absolute Gasteiger partial charge is 0.486 e. The first-order valence-electron chi connectivity index (χ1n) is 9.71. The molecule has 3 rings (SSSR count). The Bertz CT molecular complexity index is 1150. The molecule has 0 radical (unpaired) electrons. The molecule has 7 heteroatoms. The summed E-state index contributed by atoms with van der Waals surface area (Å²) in [5, 5.41) is 13.4. The number of nitrogens with one attached hydrogen (secondary N) is 1. The van der Waals surface area contributed by atoms with Gasteiger partial charge in [-0.15, -0.1) is 0 Å². The topological polar surface area (TPSA) is 62.1 Å². The molecule has 0 saturated carbocycles. The molecule has 0 aliphatic carbocycles. The van der Waals surface area contributed by atoms with E-state index in [4.69, 9.17) is 27.9 Å². The Morgan fingerprint density at radius 2 is 1.84 bits per heavy atom. The van der Waals surface area contributed by atoms with Crippen molar-refractivity contribution in [1.29, 1.82) is 5.26 Å². The molecule has 0 aliphatic rings. The third kappa shape index (κ3) is 6.37. The van der Waals surface area contributed by atoms with E-state index in [2.05, 4.69) is 21.2 Å². The molecule has 0 spiro atoms. The molecule has 0 heterocycles. The SMILES string of the molecule is C[C@H](NC(=O)/C(C#N)=C\c1cc(Cl)c(OCc2ccc(Cl)cc2)c(Br)c1)c1ccccc1. The molecule has 3 aromatic rings. The molecule has 1 amide bonds. The minimum Gasteiger partial charge on any atom is -0.486 e. The fourth-order valence-corrected chi connectivity index (χ4v) is 4.07. The van der Waals surface area contributed by atoms with E-state index in [9.17, 15) is 10.1 Å². The highest BCUT2D eigenvalue weighted by molar-refractivity contribution is 9.10. The minimum atomic E-state index is -0.459. The predicted molar refractivity (Wildman–Crippen MR) is 132 cm³/mol. The van der Waals surface area contributed by atoms with E-state index in [1.807, 2.05) is 55.5 Å². The molecule has 162 valence electrons. The lowest BCUT2D eigenvalue weighted by molar-refractivity contribution is -0.117. The zero-order valence-electron chi connectivity index (χ0n) is 17.1. The van der Waals surface area contributed by atoms with Gasteiger partial charge < -0.3 is 10.1 Å². The fourth-order valence-electron chi connectivity index (χ4n) is 2.95. The number of ether oxygens (including phenoxy) is 1. The summed E-state index contributed by atoms with van der Waals surface area (Å²) < 4.78 is 6.45. The van der Waals surface area contributed by atoms with Crippen molar-refractivity contribution in [3.05, 3.63) is 104 Å². The van der Waals surface area contributed by atoms with E-state index >= 15 is 0 Å². The number of nitriles is 1. The molecular weight excluding hydrogens is 511 g/mol. The lowest BCUT2D eigenvalue weighted by Crippen LogP contribution is -2.27. The number of hydrogen-bond acceptors (Lipinski definition) is 3. The van der Waals surface area contributed by atoms with Gasteiger partial charge in [-0.3, -0.25) is 4.79 Å². The second-order valence-corrected chi connectivity index (χ2v) is 8.70. The van der Waals surface area contributed by atoms with Gasteiger partial charge >= 0.3 is 0 Å². The van der Waals surface area contributed by atoms with Crippen LogP contribution in [0.15, 0.2) is 76.8 Å². The highest BCUT2D eigenvalue weighted by Crippen LogP contribution is 2.35. The van der Waals surface area contributed by atoms with Crippen LogP contribution in [0.4, 0.5) is 0 Å². The summed E-state index contributed by atoms with van der Waals surface area (Å²) in [6.45, 7) is 2.18. The molecule has 3 aromatic carbocycles. The molecule has 0 bridgehead atoms. The van der Waals surface area contributed by atoms with Gasteiger partial charge in [-0.05, 0) is 69.9 Å². The third-order valence-corrected chi connectivity index (χ3v) is 5.76. The standard InChI is InChI=1S/C25H19BrCl2N2O2/c1-16(19-5-3-2-4-6-19)30-25(31)20(14-29)11-18-12-22(26)24(23(28)13-18)32-15-17-7-9-21(27)10-8-17/h2-13,16H,15H2,1H3,(H,30,31)/b20-11-/t16-/m0/s1. The first-order chi connectivity index (χ1) is 15.4. The number of hydrogen-bond donors (Lipinski definition) is 1. The van der Waals surface area contributed by atoms with E-state index in [-0.39, 0.29) is 11.6 Å². The Hall–Kier alpha value is -2.78. The molecule has 1 atom stereocenters. The molecule has 32 heavy (non-hydrogen) atoms. The Kier molecular flexibility index (Phi) is 8.35. The van der Waals surface area contributed by atoms with Crippen LogP contribution in [0.5, 0.6) is 5.75 Å². The molecule has 4 nitrogen and oxygen atoms in total. The summed E-state index contributed by atoms with van der Waals surface area (Å²) in [5.74, 6) is 0.0126. The lowest BCUT2D eigenvalue weighted by Gasteiger charge is -2.14. The van der Waals surface area contributed by atoms with Crippen molar-refractivity contribution in [2.24, 2.45) is 0 Å². The fraction of sp³-hybridized carbons (Fsp3) is 0.120. The van der Waals surface area contributed by atoms with Crippen molar-refractivity contribution in [1.82, 2.24) is 5.32 Å². The third-order valence-electron chi connectivity index (χ3n) is 4.64. The molecule has 1 N–H and O–H groups in total. The normalized spacial score (nSPS) is 12.0. The zero-order chi connectivity index (χ0) is 23.1. The van der Waals surface area contributed by atoms with Crippen molar-refractivity contribution in [3.63, 3.8) is 0 Å². The maximum absolute atomic E-state index is 12.6. The van der Waals surface area contributed by atoms with Crippen LogP contribution in [-0.4, -0.2) is 5.91 Å². The number of halogens is 3. The van der Waals surface area contributed by atoms with Gasteiger partial charge in [0.05, 0.1) is 15.5 Å². The summed E-state index contributed by atoms with van der Waals surface area (Å²) in [5.41, 5.74) is 2.47. The molecule has 0 saturated heterocycles. The summed E-state index contributed by atoms with van der Waals surface area (Å²) in [6, 6.07) is 22.0. The van der Waals surface area contributed by atoms with E-state index in [1.165, 1.54) is 6.08 Å². The highest BCUT2D eigenvalue weighted by Gasteiger charge is 2.15. The second kappa shape index (κ2) is 11.2. The number of benzene rings is 3. The quantitative estimate of drug-likeness (QED) is 0.262. The van der Waals surface area contributed by atoms with Gasteiger partial charge in [0.1, 0.15) is 18.2 Å². The van der Waals surface area contributed by atoms with Crippen LogP contribution >= 0.6 is 39.1 Å². The second-order valence-electron chi connectivity index (χ2n) is 7.00. The van der Waals surface area contributed by atoms with E-state index in [0.29, 0.717) is 32.4 Å². The smallest absolute Gasteiger partial charge is 0.262 e. The van der Waals surface area contributed by atoms with E-state index in [0.717, 1.165) is 11.1 Å². The van der Waals surface area contributed by atoms with Gasteiger partial charge in [0.2, 0.25) is 0 Å². The van der Waals surface area contributed by atoms with Gasteiger partial charge in [0, 0.05) is 5.02 Å². The van der Waals surface area contributed by atoms with Gasteiger partial charge in [-0.1, -0.05) is 65.7 Å². The Morgan fingerprint density at radius 1 is 1.16 bits per heavy atom. The van der Waals surface area contributed by atoms with Crippen molar-refractivity contribution in [2.75, 3.05) is 0 Å². The van der Waals surface area contributed by atoms with Gasteiger partial charge in [-0.25, -0.2) is 0 Å². The highest BCUT2D eigenvalue weighted by atomic mass is 79.9. The zero-order valence-corrected chi connectivity index (χ0v) is 20.2. The van der Waals surface area contributed by atoms with Gasteiger partial charge in [0.25, 0.3) is 5.91 Å². The molecule has 0 aromatic heterocycles. The number of amides is 1. The Morgan fingerprint density at radius 3 is 2.47 bits per heavy atom. The summed E-state index contributed by atoms with van der Waals surface area (Å²) in [4.78, 5) is 12.6. The van der Waals surface area contributed by atoms with Crippen LogP contribution in [-0.2, 0) is 11.4 Å². The van der Waals surface area contributed by atoms with Crippen molar-refractivity contribution in [2.45, 2.75) is 19.6 Å². The van der Waals surface area contributed by atoms with Crippen LogP contribution in [0.3, 0.4) is 0 Å². The summed E-state index contributed by atoms with van der Waals surface area (Å²) in [7, 11) is 0. The maximum atomic E-state index is 12.6. The molecule has 0 fully saturated rings. The maximum Gasteiger partial charge on any atom is 0.262 e. The molecule has 0 unspecified atom stereocenters. The van der Waals surface area contributed by atoms with Crippen molar-refractivity contribution >= 4 is 51.1 Å². The van der Waals surface area contributed by atoms with Gasteiger partial charge in [0.15, 0.2) is 5.75 Å². The van der Waals surface area contributed by atoms with Crippen LogP contribution in [0.2, 0.25) is 10.0 Å². The Balaban J connectivity index is 1.74. The van der Waals surface area contributed by atoms with Crippen LogP contribution in [0.25, 0.3) is 6.08 Å². The monoisotopic (exact) mass is 528 g/mol. The number of nitrogens with zero attached hydrogens (tertiary/aromatic N) is 1. The van der Waals surface area contributed by atoms with Gasteiger partial charge in [-0.2, -0.15) is 5.26 Å². The average Bonchev–Trinajstić information content (AvgIpc) is 2.78. The predicted octanol–water partition coefficient (Wildman–Crippen LogP) is 7.12. The lowest BCUT2D eigenvalue weighted by atomic mass is 10.1. The summed E-state index contributed by atoms with van der Waals surface area (Å²) >= 11 is 15.8. The number of carbonyl (C=O) groups excluding carboxylic acids is 1. The van der Waals surface area contributed by atoms with Crippen LogP contribution in [0.1, 0.15) is 29.7 Å². The van der Waals surface area contributed by atoms with Crippen molar-refractivity contribution < 1.29 is 9.53 Å². The minimum absolute atomic E-state index is 0.0226. The first kappa shape index (κ1) is 23.9. The average molecular weight is 530 g/mol. The van der Waals surface area contributed by atoms with E-state index in [1.54, 1.807) is 24.3 Å². The molecule has 0 aliphatic heterocycles. The first-order valence-corrected chi connectivity index (χ1v) is 11.3. The number of carbonyl (C=O) groups is 1. The van der Waals surface area contributed by atoms with Crippen molar-refractivity contribution in [3.8, 4) is 11.8 Å². The number of rotatable bonds is 7. The Labute approximate surface area is 205 Å². The molecular formula is C25H19BrCl2N2O2. The summed E-state index contributed by atoms with van der Waals surface area (Å²) in [6.07, 6.45) is 1.49. The van der Waals surface area contributed by atoms with Crippen LogP contribution in [0, 0.1) is 11.3 Å².